The van der Waals surface area contributed by atoms with Gasteiger partial charge < -0.3 is 20.1 Å². The van der Waals surface area contributed by atoms with Gasteiger partial charge in [-0.15, -0.1) is 0 Å². The van der Waals surface area contributed by atoms with Crippen molar-refractivity contribution in [1.82, 2.24) is 21.5 Å². The molecule has 2 fully saturated rings. The highest BCUT2D eigenvalue weighted by Crippen LogP contribution is 2.31. The van der Waals surface area contributed by atoms with Gasteiger partial charge in [-0.1, -0.05) is 44.2 Å². The molecular formula is C22H32N4O5. The standard InChI is InChI=1S/C22H32N4O5/c1-13(2)18(24-22(29)31-12-14-7-5-4-6-8-14)20(27)23-15-9-10-17-16(11-15)19(26-25-17)21(28)30-3/h4-8,13,15-19,25-26H,9-12H2,1-3H3,(H,23,27)(H,24,29)/t15?,16?,17?,18-,19?/m0/s1. The van der Waals surface area contributed by atoms with E-state index in [-0.39, 0.29) is 42.4 Å². The molecule has 1 aromatic rings. The zero-order valence-electron chi connectivity index (χ0n) is 18.2. The topological polar surface area (TPSA) is 118 Å². The summed E-state index contributed by atoms with van der Waals surface area (Å²) in [5, 5.41) is 5.74. The maximum absolute atomic E-state index is 12.9. The summed E-state index contributed by atoms with van der Waals surface area (Å²) in [7, 11) is 1.37. The largest absolute Gasteiger partial charge is 0.468 e. The Labute approximate surface area is 182 Å². The van der Waals surface area contributed by atoms with Crippen LogP contribution < -0.4 is 21.5 Å². The van der Waals surface area contributed by atoms with Crippen molar-refractivity contribution in [3.05, 3.63) is 35.9 Å². The molecule has 9 nitrogen and oxygen atoms in total. The number of fused-ring (bicyclic) bond motifs is 1. The molecule has 170 valence electrons. The van der Waals surface area contributed by atoms with Gasteiger partial charge in [0, 0.05) is 18.0 Å². The number of methoxy groups -OCH3 is 1. The Morgan fingerprint density at radius 3 is 2.55 bits per heavy atom. The molecule has 1 saturated heterocycles. The highest BCUT2D eigenvalue weighted by Gasteiger charge is 2.44. The van der Waals surface area contributed by atoms with Crippen LogP contribution in [0.25, 0.3) is 0 Å². The SMILES string of the molecule is COC(=O)C1NNC2CCC(NC(=O)[C@@H](NC(=O)OCc3ccccc3)C(C)C)CC21. The Bertz CT molecular complexity index is 772. The van der Waals surface area contributed by atoms with Crippen LogP contribution in [0.15, 0.2) is 30.3 Å². The molecule has 1 aliphatic carbocycles. The number of nitrogens with one attached hydrogen (secondary N) is 4. The zero-order chi connectivity index (χ0) is 22.4. The molecule has 0 aromatic heterocycles. The Morgan fingerprint density at radius 1 is 1.13 bits per heavy atom. The second kappa shape index (κ2) is 10.6. The first-order chi connectivity index (χ1) is 14.9. The van der Waals surface area contributed by atoms with Gasteiger partial charge in [-0.2, -0.15) is 0 Å². The van der Waals surface area contributed by atoms with Gasteiger partial charge in [-0.05, 0) is 30.7 Å². The summed E-state index contributed by atoms with van der Waals surface area (Å²) in [5.41, 5.74) is 7.04. The molecule has 1 aromatic carbocycles. The maximum atomic E-state index is 12.9. The molecule has 0 spiro atoms. The number of hydrogen-bond donors (Lipinski definition) is 4. The molecule has 2 aliphatic rings. The van der Waals surface area contributed by atoms with E-state index >= 15 is 0 Å². The summed E-state index contributed by atoms with van der Waals surface area (Å²) in [6.07, 6.45) is 1.64. The number of hydrogen-bond acceptors (Lipinski definition) is 7. The lowest BCUT2D eigenvalue weighted by Gasteiger charge is -2.34. The first-order valence-corrected chi connectivity index (χ1v) is 10.8. The van der Waals surface area contributed by atoms with E-state index in [1.165, 1.54) is 7.11 Å². The van der Waals surface area contributed by atoms with E-state index in [2.05, 4.69) is 21.5 Å². The van der Waals surface area contributed by atoms with Crippen LogP contribution in [-0.4, -0.2) is 49.2 Å². The normalized spacial score (nSPS) is 25.9. The number of ether oxygens (including phenoxy) is 2. The van der Waals surface area contributed by atoms with Gasteiger partial charge in [0.25, 0.3) is 0 Å². The quantitative estimate of drug-likeness (QED) is 0.479. The number of alkyl carbamates (subject to hydrolysis) is 1. The van der Waals surface area contributed by atoms with Crippen LogP contribution in [0.2, 0.25) is 0 Å². The van der Waals surface area contributed by atoms with E-state index in [9.17, 15) is 14.4 Å². The molecule has 1 heterocycles. The van der Waals surface area contributed by atoms with Crippen LogP contribution in [0.5, 0.6) is 0 Å². The second-order valence-corrected chi connectivity index (χ2v) is 8.51. The molecule has 4 N–H and O–H groups in total. The van der Waals surface area contributed by atoms with Gasteiger partial charge in [0.2, 0.25) is 5.91 Å². The van der Waals surface area contributed by atoms with E-state index in [0.29, 0.717) is 6.42 Å². The van der Waals surface area contributed by atoms with E-state index in [4.69, 9.17) is 9.47 Å². The molecule has 3 rings (SSSR count). The van der Waals surface area contributed by atoms with E-state index in [0.717, 1.165) is 18.4 Å². The van der Waals surface area contributed by atoms with Crippen molar-refractivity contribution >= 4 is 18.0 Å². The molecule has 5 atom stereocenters. The number of esters is 1. The summed E-state index contributed by atoms with van der Waals surface area (Å²) < 4.78 is 10.1. The second-order valence-electron chi connectivity index (χ2n) is 8.51. The molecular weight excluding hydrogens is 400 g/mol. The predicted molar refractivity (Wildman–Crippen MR) is 114 cm³/mol. The van der Waals surface area contributed by atoms with E-state index in [1.807, 2.05) is 44.2 Å². The first-order valence-electron chi connectivity index (χ1n) is 10.8. The van der Waals surface area contributed by atoms with Crippen molar-refractivity contribution in [3.63, 3.8) is 0 Å². The smallest absolute Gasteiger partial charge is 0.408 e. The Hall–Kier alpha value is -2.65. The van der Waals surface area contributed by atoms with Crippen molar-refractivity contribution in [2.75, 3.05) is 7.11 Å². The van der Waals surface area contributed by atoms with Gasteiger partial charge in [0.1, 0.15) is 18.7 Å². The number of carbonyl (C=O) groups excluding carboxylic acids is 3. The lowest BCUT2D eigenvalue weighted by molar-refractivity contribution is -0.144. The summed E-state index contributed by atoms with van der Waals surface area (Å²) in [6.45, 7) is 3.88. The van der Waals surface area contributed by atoms with Gasteiger partial charge in [0.15, 0.2) is 0 Å². The monoisotopic (exact) mass is 432 g/mol. The minimum absolute atomic E-state index is 0.0350. The molecule has 4 unspecified atom stereocenters. The molecule has 2 amide bonds. The average Bonchev–Trinajstić information content (AvgIpc) is 3.19. The highest BCUT2D eigenvalue weighted by atomic mass is 16.5. The molecule has 0 bridgehead atoms. The van der Waals surface area contributed by atoms with Gasteiger partial charge in [0.05, 0.1) is 7.11 Å². The third-order valence-electron chi connectivity index (χ3n) is 5.99. The van der Waals surface area contributed by atoms with Crippen molar-refractivity contribution in [2.24, 2.45) is 11.8 Å². The Balaban J connectivity index is 1.53. The minimum atomic E-state index is -0.711. The fourth-order valence-corrected chi connectivity index (χ4v) is 4.27. The van der Waals surface area contributed by atoms with Crippen LogP contribution >= 0.6 is 0 Å². The molecule has 1 saturated carbocycles. The van der Waals surface area contributed by atoms with Crippen LogP contribution in [0.3, 0.4) is 0 Å². The number of benzene rings is 1. The van der Waals surface area contributed by atoms with Crippen molar-refractivity contribution < 1.29 is 23.9 Å². The van der Waals surface area contributed by atoms with E-state index in [1.54, 1.807) is 0 Å². The van der Waals surface area contributed by atoms with Crippen molar-refractivity contribution in [1.29, 1.82) is 0 Å². The molecule has 1 aliphatic heterocycles. The molecule has 31 heavy (non-hydrogen) atoms. The first kappa shape index (κ1) is 23.0. The van der Waals surface area contributed by atoms with E-state index < -0.39 is 18.2 Å². The number of hydrazine groups is 1. The lowest BCUT2D eigenvalue weighted by Crippen LogP contribution is -2.54. The number of amides is 2. The predicted octanol–water partition coefficient (Wildman–Crippen LogP) is 1.24. The zero-order valence-corrected chi connectivity index (χ0v) is 18.2. The maximum Gasteiger partial charge on any atom is 0.408 e. The summed E-state index contributed by atoms with van der Waals surface area (Å²) >= 11 is 0. The van der Waals surface area contributed by atoms with Crippen LogP contribution in [0.1, 0.15) is 38.7 Å². The Morgan fingerprint density at radius 2 is 1.87 bits per heavy atom. The molecule has 0 radical (unpaired) electrons. The minimum Gasteiger partial charge on any atom is -0.468 e. The summed E-state index contributed by atoms with van der Waals surface area (Å²) in [4.78, 5) is 37.2. The van der Waals surface area contributed by atoms with Gasteiger partial charge >= 0.3 is 12.1 Å². The van der Waals surface area contributed by atoms with Crippen molar-refractivity contribution in [2.45, 2.75) is 63.9 Å². The van der Waals surface area contributed by atoms with Crippen LogP contribution in [0.4, 0.5) is 4.79 Å². The summed E-state index contributed by atoms with van der Waals surface area (Å²) in [5.74, 6) is -0.635. The number of carbonyl (C=O) groups is 3. The molecule has 9 heteroatoms. The third-order valence-corrected chi connectivity index (χ3v) is 5.99. The van der Waals surface area contributed by atoms with Crippen LogP contribution in [-0.2, 0) is 25.7 Å². The summed E-state index contributed by atoms with van der Waals surface area (Å²) in [6, 6.07) is 8.32. The average molecular weight is 433 g/mol. The highest BCUT2D eigenvalue weighted by molar-refractivity contribution is 5.86. The third kappa shape index (κ3) is 5.95. The van der Waals surface area contributed by atoms with Gasteiger partial charge in [-0.3, -0.25) is 15.0 Å². The Kier molecular flexibility index (Phi) is 7.86. The fourth-order valence-electron chi connectivity index (χ4n) is 4.27. The lowest BCUT2D eigenvalue weighted by atomic mass is 9.79. The van der Waals surface area contributed by atoms with Gasteiger partial charge in [-0.25, -0.2) is 10.2 Å². The van der Waals surface area contributed by atoms with Crippen molar-refractivity contribution in [3.8, 4) is 0 Å². The fraction of sp³-hybridized carbons (Fsp3) is 0.591. The number of rotatable bonds is 7. The van der Waals surface area contributed by atoms with Crippen LogP contribution in [0, 0.1) is 11.8 Å².